The summed E-state index contributed by atoms with van der Waals surface area (Å²) in [7, 11) is 0. The van der Waals surface area contributed by atoms with Gasteiger partial charge in [0.1, 0.15) is 6.20 Å². The Balaban J connectivity index is 1.91. The van der Waals surface area contributed by atoms with E-state index in [-0.39, 0.29) is 10.1 Å². The molecule has 0 N–H and O–H groups in total. The van der Waals surface area contributed by atoms with Gasteiger partial charge in [0.2, 0.25) is 5.13 Å². The predicted octanol–water partition coefficient (Wildman–Crippen LogP) is 5.11. The third-order valence-corrected chi connectivity index (χ3v) is 4.49. The highest BCUT2D eigenvalue weighted by molar-refractivity contribution is 7.18. The van der Waals surface area contributed by atoms with Crippen molar-refractivity contribution in [1.29, 1.82) is 0 Å². The van der Waals surface area contributed by atoms with E-state index < -0.39 is 4.92 Å². The van der Waals surface area contributed by atoms with Gasteiger partial charge in [-0.25, -0.2) is 4.98 Å². The minimum Gasteiger partial charge on any atom is -0.380 e. The van der Waals surface area contributed by atoms with Crippen molar-refractivity contribution < 1.29 is 9.66 Å². The van der Waals surface area contributed by atoms with Gasteiger partial charge in [-0.2, -0.15) is 0 Å². The van der Waals surface area contributed by atoms with Crippen LogP contribution in [0, 0.1) is 10.1 Å². The minimum absolute atomic E-state index is 0.0472. The van der Waals surface area contributed by atoms with E-state index in [2.05, 4.69) is 34.0 Å². The highest BCUT2D eigenvalue weighted by atomic mass is 32.1. The molecule has 26 heavy (non-hydrogen) atoms. The van der Waals surface area contributed by atoms with Crippen LogP contribution in [0.5, 0.6) is 0 Å². The van der Waals surface area contributed by atoms with E-state index >= 15 is 0 Å². The summed E-state index contributed by atoms with van der Waals surface area (Å²) in [6.07, 6.45) is 3.42. The standard InChI is InChI=1S/C17H23N5O3S/c1-3-5-11-25-12-10-21(4-2)15-8-6-14(7-9-15)19-20-17-18-13-16(26-17)22(23)24/h6-9,13H,3-5,10-12H2,1-2H3. The summed E-state index contributed by atoms with van der Waals surface area (Å²) in [4.78, 5) is 16.2. The van der Waals surface area contributed by atoms with Crippen LogP contribution in [-0.2, 0) is 4.74 Å². The summed E-state index contributed by atoms with van der Waals surface area (Å²) in [6, 6.07) is 7.69. The number of thiazole rings is 1. The van der Waals surface area contributed by atoms with Gasteiger partial charge in [-0.3, -0.25) is 10.1 Å². The molecule has 140 valence electrons. The summed E-state index contributed by atoms with van der Waals surface area (Å²) in [5, 5.41) is 18.9. The first-order valence-corrected chi connectivity index (χ1v) is 9.40. The van der Waals surface area contributed by atoms with E-state index in [0.29, 0.717) is 12.3 Å². The largest absolute Gasteiger partial charge is 0.380 e. The Morgan fingerprint density at radius 2 is 2.00 bits per heavy atom. The molecule has 0 atom stereocenters. The summed E-state index contributed by atoms with van der Waals surface area (Å²) in [5.41, 5.74) is 1.76. The Bertz CT molecular complexity index is 717. The predicted molar refractivity (Wildman–Crippen MR) is 103 cm³/mol. The van der Waals surface area contributed by atoms with Crippen molar-refractivity contribution in [2.75, 3.05) is 31.2 Å². The van der Waals surface area contributed by atoms with Gasteiger partial charge in [-0.05, 0) is 48.9 Å². The van der Waals surface area contributed by atoms with Gasteiger partial charge in [0.15, 0.2) is 0 Å². The van der Waals surface area contributed by atoms with Crippen LogP contribution < -0.4 is 4.90 Å². The molecule has 0 saturated heterocycles. The van der Waals surface area contributed by atoms with Crippen LogP contribution in [0.15, 0.2) is 40.7 Å². The van der Waals surface area contributed by atoms with Crippen molar-refractivity contribution >= 4 is 32.8 Å². The summed E-state index contributed by atoms with van der Waals surface area (Å²) in [5.74, 6) is 0. The maximum Gasteiger partial charge on any atom is 0.345 e. The zero-order valence-electron chi connectivity index (χ0n) is 15.0. The number of ether oxygens (including phenoxy) is 1. The highest BCUT2D eigenvalue weighted by Gasteiger charge is 2.10. The van der Waals surface area contributed by atoms with E-state index in [1.165, 1.54) is 6.20 Å². The van der Waals surface area contributed by atoms with Crippen LogP contribution in [0.2, 0.25) is 0 Å². The number of likely N-dealkylation sites (N-methyl/N-ethyl adjacent to an activating group) is 1. The van der Waals surface area contributed by atoms with Crippen molar-refractivity contribution in [1.82, 2.24) is 4.98 Å². The number of hydrogen-bond donors (Lipinski definition) is 0. The molecule has 0 aliphatic rings. The molecule has 0 saturated carbocycles. The first kappa shape index (κ1) is 19.9. The number of hydrogen-bond acceptors (Lipinski definition) is 8. The molecule has 0 aliphatic carbocycles. The molecule has 2 rings (SSSR count). The lowest BCUT2D eigenvalue weighted by Crippen LogP contribution is -2.27. The molecule has 1 heterocycles. The second-order valence-corrected chi connectivity index (χ2v) is 6.49. The summed E-state index contributed by atoms with van der Waals surface area (Å²) >= 11 is 0.894. The van der Waals surface area contributed by atoms with E-state index in [1.54, 1.807) is 0 Å². The van der Waals surface area contributed by atoms with Crippen molar-refractivity contribution in [3.8, 4) is 0 Å². The molecule has 0 amide bonds. The van der Waals surface area contributed by atoms with Crippen molar-refractivity contribution in [3.63, 3.8) is 0 Å². The van der Waals surface area contributed by atoms with Crippen LogP contribution in [0.25, 0.3) is 0 Å². The first-order valence-electron chi connectivity index (χ1n) is 8.58. The molecule has 0 unspecified atom stereocenters. The number of nitrogens with zero attached hydrogens (tertiary/aromatic N) is 5. The third-order valence-electron chi connectivity index (χ3n) is 3.66. The molecule has 8 nitrogen and oxygen atoms in total. The van der Waals surface area contributed by atoms with Crippen molar-refractivity contribution in [2.45, 2.75) is 26.7 Å². The number of nitro groups is 1. The lowest BCUT2D eigenvalue weighted by atomic mass is 10.2. The molecule has 0 spiro atoms. The smallest absolute Gasteiger partial charge is 0.345 e. The summed E-state index contributed by atoms with van der Waals surface area (Å²) in [6.45, 7) is 7.50. The number of anilines is 1. The molecule has 0 radical (unpaired) electrons. The fourth-order valence-electron chi connectivity index (χ4n) is 2.21. The van der Waals surface area contributed by atoms with Crippen molar-refractivity contribution in [2.24, 2.45) is 10.2 Å². The maximum absolute atomic E-state index is 10.6. The third kappa shape index (κ3) is 6.16. The van der Waals surface area contributed by atoms with Crippen LogP contribution >= 0.6 is 11.3 Å². The van der Waals surface area contributed by atoms with Crippen LogP contribution in [0.4, 0.5) is 21.5 Å². The van der Waals surface area contributed by atoms with Crippen LogP contribution in [0.3, 0.4) is 0 Å². The molecule has 2 aromatic rings. The number of rotatable bonds is 11. The molecule has 1 aromatic heterocycles. The van der Waals surface area contributed by atoms with Gasteiger partial charge in [-0.15, -0.1) is 10.2 Å². The SMILES string of the molecule is CCCCOCCN(CC)c1ccc(N=Nc2ncc([N+](=O)[O-])s2)cc1. The topological polar surface area (TPSA) is 93.2 Å². The average Bonchev–Trinajstić information content (AvgIpc) is 3.13. The lowest BCUT2D eigenvalue weighted by Gasteiger charge is -2.23. The van der Waals surface area contributed by atoms with Gasteiger partial charge < -0.3 is 9.64 Å². The number of aromatic nitrogens is 1. The molecule has 9 heteroatoms. The monoisotopic (exact) mass is 377 g/mol. The van der Waals surface area contributed by atoms with Crippen LogP contribution in [-0.4, -0.2) is 36.2 Å². The molecular weight excluding hydrogens is 354 g/mol. The van der Waals surface area contributed by atoms with Crippen LogP contribution in [0.1, 0.15) is 26.7 Å². The van der Waals surface area contributed by atoms with Crippen molar-refractivity contribution in [3.05, 3.63) is 40.6 Å². The average molecular weight is 377 g/mol. The van der Waals surface area contributed by atoms with Gasteiger partial charge >= 0.3 is 5.00 Å². The Labute approximate surface area is 156 Å². The molecule has 0 aliphatic heterocycles. The Hall–Kier alpha value is -2.39. The van der Waals surface area contributed by atoms with Gasteiger partial charge in [0, 0.05) is 25.4 Å². The van der Waals surface area contributed by atoms with E-state index in [0.717, 1.165) is 49.6 Å². The zero-order valence-corrected chi connectivity index (χ0v) is 15.8. The molecule has 0 fully saturated rings. The summed E-state index contributed by atoms with van der Waals surface area (Å²) < 4.78 is 5.63. The second-order valence-electron chi connectivity index (χ2n) is 5.50. The Morgan fingerprint density at radius 3 is 2.62 bits per heavy atom. The van der Waals surface area contributed by atoms with Gasteiger partial charge in [0.05, 0.1) is 17.2 Å². The Kier molecular flexibility index (Phi) is 8.10. The number of benzene rings is 1. The lowest BCUT2D eigenvalue weighted by molar-refractivity contribution is -0.380. The normalized spacial score (nSPS) is 11.2. The van der Waals surface area contributed by atoms with E-state index in [9.17, 15) is 10.1 Å². The molecular formula is C17H23N5O3S. The number of azo groups is 1. The fourth-order valence-corrected chi connectivity index (χ4v) is 2.76. The maximum atomic E-state index is 10.6. The first-order chi connectivity index (χ1) is 12.6. The Morgan fingerprint density at radius 1 is 1.23 bits per heavy atom. The minimum atomic E-state index is -0.489. The quantitative estimate of drug-likeness (QED) is 0.235. The second kappa shape index (κ2) is 10.6. The van der Waals surface area contributed by atoms with E-state index in [4.69, 9.17) is 4.74 Å². The molecule has 0 bridgehead atoms. The fraction of sp³-hybridized carbons (Fsp3) is 0.471. The number of unbranched alkanes of at least 4 members (excludes halogenated alkanes) is 1. The molecule has 1 aromatic carbocycles. The highest BCUT2D eigenvalue weighted by Crippen LogP contribution is 2.29. The van der Waals surface area contributed by atoms with Gasteiger partial charge in [0.25, 0.3) is 0 Å². The van der Waals surface area contributed by atoms with Gasteiger partial charge in [-0.1, -0.05) is 13.3 Å². The van der Waals surface area contributed by atoms with E-state index in [1.807, 2.05) is 24.3 Å². The zero-order chi connectivity index (χ0) is 18.8.